The monoisotopic (exact) mass is 309 g/mol. The normalized spacial score (nSPS) is 14.4. The molecule has 1 rings (SSSR count). The maximum atomic E-state index is 11.6. The number of aryl methyl sites for hydroxylation is 3. The summed E-state index contributed by atoms with van der Waals surface area (Å²) in [5.74, 6) is 0. The smallest absolute Gasteiger partial charge is 0.407 e. The molecule has 0 fully saturated rings. The molecule has 0 saturated heterocycles. The first-order valence-corrected chi connectivity index (χ1v) is 7.42. The van der Waals surface area contributed by atoms with Crippen LogP contribution in [-0.2, 0) is 4.74 Å². The molecular weight excluding hydrogens is 282 g/mol. The Kier molecular flexibility index (Phi) is 5.97. The molecule has 0 aliphatic heterocycles. The van der Waals surface area contributed by atoms with Crippen LogP contribution < -0.4 is 5.32 Å². The van der Waals surface area contributed by atoms with Crippen LogP contribution in [0.15, 0.2) is 12.1 Å². The van der Waals surface area contributed by atoms with E-state index >= 15 is 0 Å². The first-order valence-electron chi connectivity index (χ1n) is 7.42. The summed E-state index contributed by atoms with van der Waals surface area (Å²) in [6.45, 7) is 11.0. The molecule has 1 aromatic rings. The molecular formula is C17H27NO4. The highest BCUT2D eigenvalue weighted by Gasteiger charge is 2.23. The number of carbonyl (C=O) groups is 1. The standard InChI is InChI=1S/C17H27NO4/c1-10-7-12(3)13(8-11(10)2)15(20)14(19)9-18-16(21)22-17(4,5)6/h7-8,14-15,19-20H,9H2,1-6H3,(H,18,21). The SMILES string of the molecule is Cc1cc(C)c(C(O)C(O)CNC(=O)OC(C)(C)C)cc1C. The van der Waals surface area contributed by atoms with Gasteiger partial charge in [-0.15, -0.1) is 0 Å². The van der Waals surface area contributed by atoms with Crippen molar-refractivity contribution in [1.29, 1.82) is 0 Å². The second kappa shape index (κ2) is 7.11. The van der Waals surface area contributed by atoms with Crippen LogP contribution in [0.2, 0.25) is 0 Å². The summed E-state index contributed by atoms with van der Waals surface area (Å²) in [5.41, 5.74) is 3.16. The van der Waals surface area contributed by atoms with Gasteiger partial charge in [-0.2, -0.15) is 0 Å². The molecule has 1 aromatic carbocycles. The van der Waals surface area contributed by atoms with Crippen LogP contribution in [0, 0.1) is 20.8 Å². The van der Waals surface area contributed by atoms with Crippen molar-refractivity contribution in [3.63, 3.8) is 0 Å². The van der Waals surface area contributed by atoms with E-state index in [9.17, 15) is 15.0 Å². The van der Waals surface area contributed by atoms with Gasteiger partial charge in [-0.3, -0.25) is 0 Å². The van der Waals surface area contributed by atoms with E-state index in [-0.39, 0.29) is 6.54 Å². The van der Waals surface area contributed by atoms with E-state index in [4.69, 9.17) is 4.74 Å². The van der Waals surface area contributed by atoms with E-state index in [0.29, 0.717) is 5.56 Å². The average Bonchev–Trinajstić information content (AvgIpc) is 2.37. The Bertz CT molecular complexity index is 534. The van der Waals surface area contributed by atoms with Crippen molar-refractivity contribution in [2.45, 2.75) is 59.4 Å². The van der Waals surface area contributed by atoms with Gasteiger partial charge in [0.2, 0.25) is 0 Å². The predicted molar refractivity (Wildman–Crippen MR) is 85.9 cm³/mol. The Labute approximate surface area is 132 Å². The van der Waals surface area contributed by atoms with E-state index in [1.165, 1.54) is 0 Å². The molecule has 22 heavy (non-hydrogen) atoms. The number of rotatable bonds is 4. The van der Waals surface area contributed by atoms with Crippen molar-refractivity contribution >= 4 is 6.09 Å². The zero-order valence-electron chi connectivity index (χ0n) is 14.2. The zero-order valence-corrected chi connectivity index (χ0v) is 14.2. The number of ether oxygens (including phenoxy) is 1. The molecule has 2 unspecified atom stereocenters. The fourth-order valence-electron chi connectivity index (χ4n) is 2.12. The molecule has 0 aromatic heterocycles. The van der Waals surface area contributed by atoms with E-state index in [1.54, 1.807) is 20.8 Å². The molecule has 0 radical (unpaired) electrons. The van der Waals surface area contributed by atoms with Crippen LogP contribution in [0.4, 0.5) is 4.79 Å². The highest BCUT2D eigenvalue weighted by atomic mass is 16.6. The van der Waals surface area contributed by atoms with Crippen molar-refractivity contribution in [2.24, 2.45) is 0 Å². The average molecular weight is 309 g/mol. The highest BCUT2D eigenvalue weighted by molar-refractivity contribution is 5.67. The van der Waals surface area contributed by atoms with Crippen molar-refractivity contribution < 1.29 is 19.7 Å². The van der Waals surface area contributed by atoms with Gasteiger partial charge in [0.25, 0.3) is 0 Å². The third-order valence-corrected chi connectivity index (χ3v) is 3.42. The van der Waals surface area contributed by atoms with Crippen LogP contribution in [0.5, 0.6) is 0 Å². The first-order chi connectivity index (χ1) is 10.0. The summed E-state index contributed by atoms with van der Waals surface area (Å²) < 4.78 is 5.09. The van der Waals surface area contributed by atoms with E-state index in [1.807, 2.05) is 32.9 Å². The van der Waals surface area contributed by atoms with Gasteiger partial charge in [-0.05, 0) is 63.8 Å². The Hall–Kier alpha value is -1.59. The maximum Gasteiger partial charge on any atom is 0.407 e. The van der Waals surface area contributed by atoms with Crippen LogP contribution >= 0.6 is 0 Å². The number of alkyl carbamates (subject to hydrolysis) is 1. The molecule has 5 nitrogen and oxygen atoms in total. The minimum atomic E-state index is -1.10. The van der Waals surface area contributed by atoms with Crippen LogP contribution in [0.25, 0.3) is 0 Å². The molecule has 0 aliphatic rings. The van der Waals surface area contributed by atoms with Gasteiger partial charge in [0.15, 0.2) is 0 Å². The van der Waals surface area contributed by atoms with E-state index < -0.39 is 23.9 Å². The molecule has 0 bridgehead atoms. The van der Waals surface area contributed by atoms with Gasteiger partial charge < -0.3 is 20.3 Å². The molecule has 2 atom stereocenters. The fourth-order valence-corrected chi connectivity index (χ4v) is 2.12. The summed E-state index contributed by atoms with van der Waals surface area (Å²) in [6, 6.07) is 3.84. The summed E-state index contributed by atoms with van der Waals surface area (Å²) >= 11 is 0. The second-order valence-corrected chi connectivity index (χ2v) is 6.69. The lowest BCUT2D eigenvalue weighted by atomic mass is 9.95. The molecule has 124 valence electrons. The number of carbonyl (C=O) groups excluding carboxylic acids is 1. The number of benzene rings is 1. The Morgan fingerprint density at radius 1 is 1.14 bits per heavy atom. The van der Waals surface area contributed by atoms with Gasteiger partial charge in [-0.25, -0.2) is 4.79 Å². The molecule has 5 heteroatoms. The first kappa shape index (κ1) is 18.5. The lowest BCUT2D eigenvalue weighted by molar-refractivity contribution is 0.0126. The highest BCUT2D eigenvalue weighted by Crippen LogP contribution is 2.24. The third-order valence-electron chi connectivity index (χ3n) is 3.42. The van der Waals surface area contributed by atoms with Crippen molar-refractivity contribution in [3.8, 4) is 0 Å². The van der Waals surface area contributed by atoms with Gasteiger partial charge >= 0.3 is 6.09 Å². The quantitative estimate of drug-likeness (QED) is 0.798. The summed E-state index contributed by atoms with van der Waals surface area (Å²) in [6.07, 6.45) is -2.78. The zero-order chi connectivity index (χ0) is 17.1. The molecule has 0 spiro atoms. The summed E-state index contributed by atoms with van der Waals surface area (Å²) in [4.78, 5) is 11.6. The fraction of sp³-hybridized carbons (Fsp3) is 0.588. The third kappa shape index (κ3) is 5.31. The van der Waals surface area contributed by atoms with E-state index in [2.05, 4.69) is 5.32 Å². The van der Waals surface area contributed by atoms with Gasteiger partial charge in [0, 0.05) is 6.54 Å². The van der Waals surface area contributed by atoms with Crippen molar-refractivity contribution in [3.05, 3.63) is 34.4 Å². The molecule has 3 N–H and O–H groups in total. The van der Waals surface area contributed by atoms with Gasteiger partial charge in [-0.1, -0.05) is 12.1 Å². The van der Waals surface area contributed by atoms with Crippen molar-refractivity contribution in [2.75, 3.05) is 6.54 Å². The molecule has 1 amide bonds. The molecule has 0 heterocycles. The largest absolute Gasteiger partial charge is 0.444 e. The molecule has 0 saturated carbocycles. The number of nitrogens with one attached hydrogen (secondary N) is 1. The van der Waals surface area contributed by atoms with Crippen LogP contribution in [0.1, 0.15) is 49.1 Å². The number of aliphatic hydroxyl groups is 2. The lowest BCUT2D eigenvalue weighted by Gasteiger charge is -2.23. The van der Waals surface area contributed by atoms with Gasteiger partial charge in [0.05, 0.1) is 0 Å². The van der Waals surface area contributed by atoms with Crippen LogP contribution in [-0.4, -0.2) is 34.6 Å². The van der Waals surface area contributed by atoms with Crippen molar-refractivity contribution in [1.82, 2.24) is 5.32 Å². The Balaban J connectivity index is 2.68. The Morgan fingerprint density at radius 2 is 1.68 bits per heavy atom. The predicted octanol–water partition coefficient (Wildman–Crippen LogP) is 2.53. The topological polar surface area (TPSA) is 78.8 Å². The number of hydrogen-bond acceptors (Lipinski definition) is 4. The number of aliphatic hydroxyl groups excluding tert-OH is 2. The maximum absolute atomic E-state index is 11.6. The van der Waals surface area contributed by atoms with Crippen LogP contribution in [0.3, 0.4) is 0 Å². The molecule has 0 aliphatic carbocycles. The second-order valence-electron chi connectivity index (χ2n) is 6.69. The summed E-state index contributed by atoms with van der Waals surface area (Å²) in [7, 11) is 0. The summed E-state index contributed by atoms with van der Waals surface area (Å²) in [5, 5.41) is 22.8. The minimum absolute atomic E-state index is 0.0809. The number of hydrogen-bond donors (Lipinski definition) is 3. The van der Waals surface area contributed by atoms with Gasteiger partial charge in [0.1, 0.15) is 17.8 Å². The lowest BCUT2D eigenvalue weighted by Crippen LogP contribution is -2.39. The van der Waals surface area contributed by atoms with E-state index in [0.717, 1.165) is 16.7 Å². The number of amides is 1. The Morgan fingerprint density at radius 3 is 2.23 bits per heavy atom. The minimum Gasteiger partial charge on any atom is -0.444 e.